The maximum atomic E-state index is 5.63. The summed E-state index contributed by atoms with van der Waals surface area (Å²) in [6.45, 7) is 1.53. The van der Waals surface area contributed by atoms with Crippen molar-refractivity contribution in [2.24, 2.45) is 0 Å². The number of methoxy groups -OCH3 is 1. The Morgan fingerprint density at radius 2 is 1.96 bits per heavy atom. The smallest absolute Gasteiger partial charge is 0.213 e. The van der Waals surface area contributed by atoms with Gasteiger partial charge in [0.25, 0.3) is 0 Å². The van der Waals surface area contributed by atoms with Crippen LogP contribution in [0.3, 0.4) is 0 Å². The fourth-order valence-electron chi connectivity index (χ4n) is 3.38. The molecule has 1 fully saturated rings. The van der Waals surface area contributed by atoms with Crippen molar-refractivity contribution in [2.75, 3.05) is 20.3 Å². The van der Waals surface area contributed by atoms with Gasteiger partial charge in [0.2, 0.25) is 5.88 Å². The monoisotopic (exact) mass is 326 g/mol. The third-order valence-corrected chi connectivity index (χ3v) is 4.72. The molecule has 1 aliphatic carbocycles. The Kier molecular flexibility index (Phi) is 6.07. The van der Waals surface area contributed by atoms with Gasteiger partial charge in [0.1, 0.15) is 12.4 Å². The van der Waals surface area contributed by atoms with E-state index >= 15 is 0 Å². The van der Waals surface area contributed by atoms with Crippen molar-refractivity contribution in [1.29, 1.82) is 0 Å². The van der Waals surface area contributed by atoms with Gasteiger partial charge in [0, 0.05) is 24.8 Å². The van der Waals surface area contributed by atoms with Gasteiger partial charge < -0.3 is 14.8 Å². The van der Waals surface area contributed by atoms with Crippen LogP contribution in [-0.4, -0.2) is 31.3 Å². The highest BCUT2D eigenvalue weighted by Crippen LogP contribution is 2.34. The normalized spacial score (nSPS) is 20.5. The van der Waals surface area contributed by atoms with Gasteiger partial charge in [-0.2, -0.15) is 0 Å². The Morgan fingerprint density at radius 3 is 2.71 bits per heavy atom. The third kappa shape index (κ3) is 4.71. The molecule has 0 radical (unpaired) electrons. The number of hydrogen-bond donors (Lipinski definition) is 1. The SMILES string of the molecule is COc1cccc(C2CCC(NCCOc3ccccn3)CC2)c1. The van der Waals surface area contributed by atoms with Crippen LogP contribution in [0.5, 0.6) is 11.6 Å². The van der Waals surface area contributed by atoms with Crippen molar-refractivity contribution in [1.82, 2.24) is 10.3 Å². The average Bonchev–Trinajstić information content (AvgIpc) is 2.66. The molecule has 1 heterocycles. The lowest BCUT2D eigenvalue weighted by molar-refractivity contribution is 0.275. The summed E-state index contributed by atoms with van der Waals surface area (Å²) in [5.74, 6) is 2.31. The van der Waals surface area contributed by atoms with E-state index in [0.717, 1.165) is 12.3 Å². The number of pyridine rings is 1. The van der Waals surface area contributed by atoms with Crippen molar-refractivity contribution < 1.29 is 9.47 Å². The Bertz CT molecular complexity index is 610. The lowest BCUT2D eigenvalue weighted by Crippen LogP contribution is -2.35. The standard InChI is InChI=1S/C20H26N2O2/c1-23-19-6-4-5-17(15-19)16-8-10-18(11-9-16)21-13-14-24-20-7-2-3-12-22-20/h2-7,12,15-16,18,21H,8-11,13-14H2,1H3. The van der Waals surface area contributed by atoms with Crippen LogP contribution in [-0.2, 0) is 0 Å². The quantitative estimate of drug-likeness (QED) is 0.786. The number of nitrogens with zero attached hydrogens (tertiary/aromatic N) is 1. The number of rotatable bonds is 7. The molecule has 0 amide bonds. The van der Waals surface area contributed by atoms with Gasteiger partial charge in [-0.05, 0) is 55.4 Å². The molecule has 1 N–H and O–H groups in total. The van der Waals surface area contributed by atoms with E-state index in [2.05, 4.69) is 28.5 Å². The fourth-order valence-corrected chi connectivity index (χ4v) is 3.38. The first kappa shape index (κ1) is 16.8. The van der Waals surface area contributed by atoms with Crippen LogP contribution in [0.15, 0.2) is 48.7 Å². The minimum atomic E-state index is 0.596. The Morgan fingerprint density at radius 1 is 1.08 bits per heavy atom. The largest absolute Gasteiger partial charge is 0.497 e. The maximum Gasteiger partial charge on any atom is 0.213 e. The van der Waals surface area contributed by atoms with Crippen LogP contribution in [0.1, 0.15) is 37.2 Å². The number of aromatic nitrogens is 1. The summed E-state index contributed by atoms with van der Waals surface area (Å²) in [5, 5.41) is 3.61. The van der Waals surface area contributed by atoms with Crippen LogP contribution in [0, 0.1) is 0 Å². The minimum Gasteiger partial charge on any atom is -0.497 e. The van der Waals surface area contributed by atoms with E-state index in [1.807, 2.05) is 24.3 Å². The molecule has 0 atom stereocenters. The van der Waals surface area contributed by atoms with Gasteiger partial charge in [0.05, 0.1) is 7.11 Å². The first-order valence-electron chi connectivity index (χ1n) is 8.76. The number of nitrogens with one attached hydrogen (secondary N) is 1. The summed E-state index contributed by atoms with van der Waals surface area (Å²) < 4.78 is 11.0. The van der Waals surface area contributed by atoms with Gasteiger partial charge in [-0.1, -0.05) is 18.2 Å². The number of hydrogen-bond acceptors (Lipinski definition) is 4. The van der Waals surface area contributed by atoms with Gasteiger partial charge >= 0.3 is 0 Å². The molecule has 1 saturated carbocycles. The maximum absolute atomic E-state index is 5.63. The average molecular weight is 326 g/mol. The van der Waals surface area contributed by atoms with Crippen LogP contribution in [0.4, 0.5) is 0 Å². The highest BCUT2D eigenvalue weighted by Gasteiger charge is 2.22. The summed E-state index contributed by atoms with van der Waals surface area (Å²) in [6, 6.07) is 14.8. The summed E-state index contributed by atoms with van der Waals surface area (Å²) in [6.07, 6.45) is 6.64. The highest BCUT2D eigenvalue weighted by atomic mass is 16.5. The summed E-state index contributed by atoms with van der Waals surface area (Å²) >= 11 is 0. The van der Waals surface area contributed by atoms with Crippen molar-refractivity contribution in [3.05, 3.63) is 54.2 Å². The number of ether oxygens (including phenoxy) is 2. The minimum absolute atomic E-state index is 0.596. The van der Waals surface area contributed by atoms with Crippen LogP contribution < -0.4 is 14.8 Å². The molecular weight excluding hydrogens is 300 g/mol. The summed E-state index contributed by atoms with van der Waals surface area (Å²) in [7, 11) is 1.73. The van der Waals surface area contributed by atoms with Gasteiger partial charge in [-0.3, -0.25) is 0 Å². The highest BCUT2D eigenvalue weighted by molar-refractivity contribution is 5.31. The zero-order valence-corrected chi connectivity index (χ0v) is 14.3. The van der Waals surface area contributed by atoms with E-state index in [1.165, 1.54) is 31.2 Å². The zero-order valence-electron chi connectivity index (χ0n) is 14.3. The lowest BCUT2D eigenvalue weighted by Gasteiger charge is -2.29. The van der Waals surface area contributed by atoms with E-state index in [4.69, 9.17) is 9.47 Å². The van der Waals surface area contributed by atoms with E-state index in [-0.39, 0.29) is 0 Å². The second kappa shape index (κ2) is 8.69. The first-order chi connectivity index (χ1) is 11.8. The third-order valence-electron chi connectivity index (χ3n) is 4.72. The Balaban J connectivity index is 1.37. The molecule has 0 bridgehead atoms. The Hall–Kier alpha value is -2.07. The topological polar surface area (TPSA) is 43.4 Å². The second-order valence-electron chi connectivity index (χ2n) is 6.30. The molecule has 3 rings (SSSR count). The van der Waals surface area contributed by atoms with E-state index < -0.39 is 0 Å². The lowest BCUT2D eigenvalue weighted by atomic mass is 9.81. The van der Waals surface area contributed by atoms with Gasteiger partial charge in [0.15, 0.2) is 0 Å². The van der Waals surface area contributed by atoms with Crippen molar-refractivity contribution in [3.8, 4) is 11.6 Å². The van der Waals surface area contributed by atoms with E-state index in [9.17, 15) is 0 Å². The molecule has 2 aromatic rings. The molecule has 1 aromatic carbocycles. The van der Waals surface area contributed by atoms with E-state index in [0.29, 0.717) is 24.4 Å². The Labute approximate surface area is 144 Å². The molecule has 1 aromatic heterocycles. The molecule has 4 nitrogen and oxygen atoms in total. The fraction of sp³-hybridized carbons (Fsp3) is 0.450. The molecule has 0 saturated heterocycles. The summed E-state index contributed by atoms with van der Waals surface area (Å²) in [5.41, 5.74) is 1.41. The van der Waals surface area contributed by atoms with E-state index in [1.54, 1.807) is 13.3 Å². The van der Waals surface area contributed by atoms with Crippen LogP contribution >= 0.6 is 0 Å². The molecule has 1 aliphatic rings. The first-order valence-corrected chi connectivity index (χ1v) is 8.76. The molecule has 0 spiro atoms. The van der Waals surface area contributed by atoms with Crippen molar-refractivity contribution >= 4 is 0 Å². The number of benzene rings is 1. The summed E-state index contributed by atoms with van der Waals surface area (Å²) in [4.78, 5) is 4.16. The van der Waals surface area contributed by atoms with Gasteiger partial charge in [-0.25, -0.2) is 4.98 Å². The molecule has 4 heteroatoms. The molecule has 0 aliphatic heterocycles. The van der Waals surface area contributed by atoms with Crippen LogP contribution in [0.25, 0.3) is 0 Å². The zero-order chi connectivity index (χ0) is 16.6. The van der Waals surface area contributed by atoms with Crippen LogP contribution in [0.2, 0.25) is 0 Å². The molecule has 24 heavy (non-hydrogen) atoms. The molecular formula is C20H26N2O2. The van der Waals surface area contributed by atoms with Crippen molar-refractivity contribution in [2.45, 2.75) is 37.6 Å². The molecule has 128 valence electrons. The predicted molar refractivity (Wildman–Crippen MR) is 95.7 cm³/mol. The predicted octanol–water partition coefficient (Wildman–Crippen LogP) is 3.79. The van der Waals surface area contributed by atoms with Gasteiger partial charge in [-0.15, -0.1) is 0 Å². The second-order valence-corrected chi connectivity index (χ2v) is 6.30. The molecule has 0 unspecified atom stereocenters. The van der Waals surface area contributed by atoms with Crippen molar-refractivity contribution in [3.63, 3.8) is 0 Å².